The monoisotopic (exact) mass is 300 g/mol. The number of nitrogens with zero attached hydrogens (tertiary/aromatic N) is 2. The van der Waals surface area contributed by atoms with Crippen LogP contribution < -0.4 is 0 Å². The van der Waals surface area contributed by atoms with Crippen molar-refractivity contribution in [1.82, 2.24) is 9.13 Å². The Morgan fingerprint density at radius 3 is 1.61 bits per heavy atom. The van der Waals surface area contributed by atoms with Crippen LogP contribution in [0.4, 0.5) is 0 Å². The van der Waals surface area contributed by atoms with Gasteiger partial charge in [0.1, 0.15) is 0 Å². The van der Waals surface area contributed by atoms with Gasteiger partial charge in [-0.3, -0.25) is 0 Å². The fourth-order valence-electron chi connectivity index (χ4n) is 4.36. The Morgan fingerprint density at radius 1 is 0.609 bits per heavy atom. The van der Waals surface area contributed by atoms with Crippen LogP contribution in [-0.2, 0) is 0 Å². The van der Waals surface area contributed by atoms with Gasteiger partial charge in [-0.05, 0) is 54.3 Å². The third-order valence-corrected chi connectivity index (χ3v) is 5.42. The van der Waals surface area contributed by atoms with Crippen LogP contribution in [0.25, 0.3) is 21.8 Å². The zero-order chi connectivity index (χ0) is 15.2. The highest BCUT2D eigenvalue weighted by molar-refractivity contribution is 5.81. The molecule has 2 nitrogen and oxygen atoms in total. The molecular formula is C21H20N2. The number of rotatable bonds is 2. The van der Waals surface area contributed by atoms with E-state index in [-0.39, 0.29) is 0 Å². The minimum absolute atomic E-state index is 0.547. The summed E-state index contributed by atoms with van der Waals surface area (Å²) >= 11 is 0. The summed E-state index contributed by atoms with van der Waals surface area (Å²) in [6.45, 7) is 0. The highest BCUT2D eigenvalue weighted by Gasteiger charge is 2.31. The lowest BCUT2D eigenvalue weighted by molar-refractivity contribution is 0.389. The summed E-state index contributed by atoms with van der Waals surface area (Å²) < 4.78 is 5.00. The lowest BCUT2D eigenvalue weighted by atomic mass is 10.1. The van der Waals surface area contributed by atoms with Gasteiger partial charge in [0, 0.05) is 23.4 Å². The van der Waals surface area contributed by atoms with Gasteiger partial charge >= 0.3 is 0 Å². The van der Waals surface area contributed by atoms with Crippen molar-refractivity contribution in [2.75, 3.05) is 0 Å². The lowest BCUT2D eigenvalue weighted by Crippen LogP contribution is -2.16. The second-order valence-corrected chi connectivity index (χ2v) is 6.63. The van der Waals surface area contributed by atoms with E-state index in [4.69, 9.17) is 0 Å². The molecule has 0 radical (unpaired) electrons. The maximum atomic E-state index is 2.50. The summed E-state index contributed by atoms with van der Waals surface area (Å²) in [5.41, 5.74) is 2.72. The second kappa shape index (κ2) is 5.02. The minimum Gasteiger partial charge on any atom is -0.342 e. The van der Waals surface area contributed by atoms with E-state index >= 15 is 0 Å². The van der Waals surface area contributed by atoms with Crippen molar-refractivity contribution in [3.05, 3.63) is 73.1 Å². The number of para-hydroxylation sites is 2. The molecule has 0 N–H and O–H groups in total. The van der Waals surface area contributed by atoms with Crippen molar-refractivity contribution in [2.24, 2.45) is 0 Å². The molecule has 2 heterocycles. The van der Waals surface area contributed by atoms with Gasteiger partial charge in [-0.15, -0.1) is 0 Å². The van der Waals surface area contributed by atoms with Gasteiger partial charge in [0.05, 0.1) is 12.1 Å². The topological polar surface area (TPSA) is 9.86 Å². The molecule has 2 atom stereocenters. The molecule has 0 bridgehead atoms. The first-order valence-corrected chi connectivity index (χ1v) is 8.53. The molecule has 2 aromatic heterocycles. The van der Waals surface area contributed by atoms with E-state index < -0.39 is 0 Å². The average Bonchev–Trinajstić information content (AvgIpc) is 3.31. The molecule has 2 heteroatoms. The summed E-state index contributed by atoms with van der Waals surface area (Å²) in [5.74, 6) is 0. The van der Waals surface area contributed by atoms with Crippen LogP contribution in [0.15, 0.2) is 73.1 Å². The third-order valence-electron chi connectivity index (χ3n) is 5.42. The number of benzene rings is 2. The van der Waals surface area contributed by atoms with Crippen molar-refractivity contribution in [3.8, 4) is 0 Å². The van der Waals surface area contributed by atoms with E-state index in [1.807, 2.05) is 0 Å². The zero-order valence-electron chi connectivity index (χ0n) is 13.1. The molecule has 4 aromatic rings. The van der Waals surface area contributed by atoms with Crippen molar-refractivity contribution < 1.29 is 0 Å². The molecule has 5 rings (SSSR count). The van der Waals surface area contributed by atoms with Crippen LogP contribution in [-0.4, -0.2) is 9.13 Å². The minimum atomic E-state index is 0.547. The first-order chi connectivity index (χ1) is 11.4. The third kappa shape index (κ3) is 1.94. The van der Waals surface area contributed by atoms with Crippen LogP contribution >= 0.6 is 0 Å². The highest BCUT2D eigenvalue weighted by atomic mass is 15.1. The predicted octanol–water partition coefficient (Wildman–Crippen LogP) is 5.56. The van der Waals surface area contributed by atoms with Gasteiger partial charge < -0.3 is 9.13 Å². The zero-order valence-corrected chi connectivity index (χ0v) is 13.1. The molecule has 2 aromatic carbocycles. The Kier molecular flexibility index (Phi) is 2.84. The quantitative estimate of drug-likeness (QED) is 0.458. The molecule has 0 amide bonds. The van der Waals surface area contributed by atoms with Gasteiger partial charge in [0.25, 0.3) is 0 Å². The van der Waals surface area contributed by atoms with Gasteiger partial charge in [-0.25, -0.2) is 0 Å². The van der Waals surface area contributed by atoms with Gasteiger partial charge in [-0.1, -0.05) is 36.4 Å². The molecule has 1 fully saturated rings. The molecule has 0 spiro atoms. The number of hydrogen-bond donors (Lipinski definition) is 0. The molecule has 0 aliphatic heterocycles. The normalized spacial score (nSPS) is 21.4. The second-order valence-electron chi connectivity index (χ2n) is 6.63. The van der Waals surface area contributed by atoms with E-state index in [2.05, 4.69) is 82.2 Å². The molecule has 114 valence electrons. The van der Waals surface area contributed by atoms with Gasteiger partial charge in [-0.2, -0.15) is 0 Å². The van der Waals surface area contributed by atoms with Crippen LogP contribution in [0.2, 0.25) is 0 Å². The molecular weight excluding hydrogens is 280 g/mol. The van der Waals surface area contributed by atoms with E-state index in [1.165, 1.54) is 41.1 Å². The van der Waals surface area contributed by atoms with Crippen molar-refractivity contribution in [2.45, 2.75) is 31.3 Å². The van der Waals surface area contributed by atoms with E-state index in [0.717, 1.165) is 0 Å². The molecule has 1 aliphatic rings. The maximum Gasteiger partial charge on any atom is 0.0544 e. The lowest BCUT2D eigenvalue weighted by Gasteiger charge is -2.25. The summed E-state index contributed by atoms with van der Waals surface area (Å²) in [6.07, 6.45) is 8.37. The summed E-state index contributed by atoms with van der Waals surface area (Å²) in [4.78, 5) is 0. The summed E-state index contributed by atoms with van der Waals surface area (Å²) in [6, 6.07) is 23.0. The van der Waals surface area contributed by atoms with Crippen LogP contribution in [0.1, 0.15) is 31.3 Å². The van der Waals surface area contributed by atoms with Crippen molar-refractivity contribution >= 4 is 21.8 Å². The Labute approximate surface area is 136 Å². The fraction of sp³-hybridized carbons (Fsp3) is 0.238. The molecule has 0 saturated heterocycles. The average molecular weight is 300 g/mol. The van der Waals surface area contributed by atoms with Gasteiger partial charge in [0.2, 0.25) is 0 Å². The Balaban J connectivity index is 1.63. The standard InChI is InChI=1S/C21H20N2/c1-3-8-18-16(6-1)12-14-22(18)20-10-5-11-21(20)23-15-13-17-7-2-4-9-19(17)23/h1-4,6-9,12-15,20-21H,5,10-11H2. The fourth-order valence-corrected chi connectivity index (χ4v) is 4.36. The van der Waals surface area contributed by atoms with Crippen LogP contribution in [0.3, 0.4) is 0 Å². The van der Waals surface area contributed by atoms with E-state index in [9.17, 15) is 0 Å². The SMILES string of the molecule is c1ccc2c(c1)ccn2C1CCCC1n1ccc2ccccc21. The first-order valence-electron chi connectivity index (χ1n) is 8.53. The number of fused-ring (bicyclic) bond motifs is 2. The number of hydrogen-bond acceptors (Lipinski definition) is 0. The van der Waals surface area contributed by atoms with Crippen LogP contribution in [0, 0.1) is 0 Å². The molecule has 1 saturated carbocycles. The Bertz CT molecular complexity index is 896. The summed E-state index contributed by atoms with van der Waals surface area (Å²) in [5, 5.41) is 2.69. The molecule has 2 unspecified atom stereocenters. The summed E-state index contributed by atoms with van der Waals surface area (Å²) in [7, 11) is 0. The van der Waals surface area contributed by atoms with Gasteiger partial charge in [0.15, 0.2) is 0 Å². The highest BCUT2D eigenvalue weighted by Crippen LogP contribution is 2.42. The molecule has 23 heavy (non-hydrogen) atoms. The van der Waals surface area contributed by atoms with Crippen molar-refractivity contribution in [1.29, 1.82) is 0 Å². The largest absolute Gasteiger partial charge is 0.342 e. The Hall–Kier alpha value is -2.48. The maximum absolute atomic E-state index is 2.50. The molecule has 1 aliphatic carbocycles. The Morgan fingerprint density at radius 2 is 1.09 bits per heavy atom. The smallest absolute Gasteiger partial charge is 0.0544 e. The number of aromatic nitrogens is 2. The van der Waals surface area contributed by atoms with E-state index in [1.54, 1.807) is 0 Å². The van der Waals surface area contributed by atoms with E-state index in [0.29, 0.717) is 12.1 Å². The van der Waals surface area contributed by atoms with Crippen molar-refractivity contribution in [3.63, 3.8) is 0 Å². The van der Waals surface area contributed by atoms with Crippen LogP contribution in [0.5, 0.6) is 0 Å². The first kappa shape index (κ1) is 13.0. The predicted molar refractivity (Wildman–Crippen MR) is 95.8 cm³/mol.